The molecule has 1 aliphatic carbocycles. The van der Waals surface area contributed by atoms with Gasteiger partial charge in [-0.1, -0.05) is 31.4 Å². The highest BCUT2D eigenvalue weighted by atomic mass is 16.2. The Labute approximate surface area is 186 Å². The van der Waals surface area contributed by atoms with Crippen LogP contribution >= 0.6 is 0 Å². The van der Waals surface area contributed by atoms with Crippen LogP contribution in [0, 0.1) is 5.92 Å². The molecule has 1 aromatic carbocycles. The molecule has 2 amide bonds. The molecule has 6 heteroatoms. The van der Waals surface area contributed by atoms with Crippen LogP contribution in [-0.2, 0) is 4.79 Å². The van der Waals surface area contributed by atoms with Gasteiger partial charge >= 0.3 is 0 Å². The highest BCUT2D eigenvalue weighted by Crippen LogP contribution is 2.43. The summed E-state index contributed by atoms with van der Waals surface area (Å²) in [5, 5.41) is 0. The standard InChI is InChI=1S/C25H38N4O2/c26-16-24(30)28(17-18-5-2-1-3-6-18)11-12-29-22-9-10-23(29)15-21(14-22)19-7-4-8-20(13-19)25(27)31/h4,7-8,13,18,21-23H,1-3,5-6,9-12,14-17,26H2,(H2,27,31)/t21?,22-,23+. The molecule has 2 bridgehead atoms. The molecule has 31 heavy (non-hydrogen) atoms. The SMILES string of the molecule is NCC(=O)N(CCN1[C@@H]2CC[C@H]1CC(c1cccc(C(N)=O)c1)C2)CC1CCCCC1. The predicted octanol–water partition coefficient (Wildman–Crippen LogP) is 2.86. The Morgan fingerprint density at radius 2 is 1.74 bits per heavy atom. The van der Waals surface area contributed by atoms with Gasteiger partial charge in [-0.2, -0.15) is 0 Å². The van der Waals surface area contributed by atoms with Crippen LogP contribution in [0.25, 0.3) is 0 Å². The average Bonchev–Trinajstić information content (AvgIpc) is 3.03. The van der Waals surface area contributed by atoms with E-state index in [-0.39, 0.29) is 18.4 Å². The summed E-state index contributed by atoms with van der Waals surface area (Å²) >= 11 is 0. The topological polar surface area (TPSA) is 92.7 Å². The van der Waals surface area contributed by atoms with Gasteiger partial charge in [0, 0.05) is 37.3 Å². The van der Waals surface area contributed by atoms with E-state index in [4.69, 9.17) is 11.5 Å². The summed E-state index contributed by atoms with van der Waals surface area (Å²) < 4.78 is 0. The van der Waals surface area contributed by atoms with E-state index >= 15 is 0 Å². The minimum atomic E-state index is -0.357. The molecule has 6 nitrogen and oxygen atoms in total. The van der Waals surface area contributed by atoms with E-state index in [0.29, 0.717) is 29.5 Å². The molecule has 0 spiro atoms. The first-order valence-electron chi connectivity index (χ1n) is 12.2. The van der Waals surface area contributed by atoms with Crippen molar-refractivity contribution in [3.05, 3.63) is 35.4 Å². The van der Waals surface area contributed by atoms with Gasteiger partial charge in [-0.25, -0.2) is 0 Å². The number of carbonyl (C=O) groups excluding carboxylic acids is 2. The molecule has 2 aliphatic heterocycles. The number of amides is 2. The third-order valence-electron chi connectivity index (χ3n) is 7.89. The summed E-state index contributed by atoms with van der Waals surface area (Å²) in [6, 6.07) is 8.98. The van der Waals surface area contributed by atoms with E-state index in [9.17, 15) is 9.59 Å². The molecule has 170 valence electrons. The van der Waals surface area contributed by atoms with Gasteiger partial charge in [-0.15, -0.1) is 0 Å². The number of fused-ring (bicyclic) bond motifs is 2. The third kappa shape index (κ3) is 5.29. The number of hydrogen-bond donors (Lipinski definition) is 2. The lowest BCUT2D eigenvalue weighted by atomic mass is 9.84. The zero-order valence-electron chi connectivity index (χ0n) is 18.7. The molecule has 3 fully saturated rings. The lowest BCUT2D eigenvalue weighted by Gasteiger charge is -2.40. The lowest BCUT2D eigenvalue weighted by molar-refractivity contribution is -0.130. The van der Waals surface area contributed by atoms with Gasteiger partial charge in [-0.3, -0.25) is 14.5 Å². The Morgan fingerprint density at radius 3 is 2.39 bits per heavy atom. The summed E-state index contributed by atoms with van der Waals surface area (Å²) in [7, 11) is 0. The predicted molar refractivity (Wildman–Crippen MR) is 123 cm³/mol. The molecule has 1 unspecified atom stereocenters. The van der Waals surface area contributed by atoms with E-state index in [0.717, 1.165) is 32.5 Å². The Balaban J connectivity index is 1.36. The second-order valence-electron chi connectivity index (χ2n) is 9.83. The van der Waals surface area contributed by atoms with Crippen molar-refractivity contribution in [1.82, 2.24) is 9.80 Å². The number of nitrogens with two attached hydrogens (primary N) is 2. The smallest absolute Gasteiger partial charge is 0.248 e. The van der Waals surface area contributed by atoms with Crippen molar-refractivity contribution in [2.75, 3.05) is 26.2 Å². The molecule has 1 saturated carbocycles. The molecule has 1 aromatic rings. The van der Waals surface area contributed by atoms with Crippen LogP contribution < -0.4 is 11.5 Å². The van der Waals surface area contributed by atoms with Crippen LogP contribution in [0.4, 0.5) is 0 Å². The minimum absolute atomic E-state index is 0.0936. The lowest BCUT2D eigenvalue weighted by Crippen LogP contribution is -2.48. The summed E-state index contributed by atoms with van der Waals surface area (Å²) in [5.41, 5.74) is 13.1. The molecular weight excluding hydrogens is 388 g/mol. The molecular formula is C25H38N4O2. The fraction of sp³-hybridized carbons (Fsp3) is 0.680. The zero-order chi connectivity index (χ0) is 21.8. The largest absolute Gasteiger partial charge is 0.366 e. The first kappa shape index (κ1) is 22.3. The molecule has 2 heterocycles. The van der Waals surface area contributed by atoms with E-state index in [1.807, 2.05) is 17.0 Å². The number of primary amides is 1. The van der Waals surface area contributed by atoms with Gasteiger partial charge in [0.1, 0.15) is 0 Å². The van der Waals surface area contributed by atoms with Crippen molar-refractivity contribution in [1.29, 1.82) is 0 Å². The Hall–Kier alpha value is -1.92. The van der Waals surface area contributed by atoms with Crippen LogP contribution in [0.3, 0.4) is 0 Å². The Bertz CT molecular complexity index is 763. The van der Waals surface area contributed by atoms with Crippen LogP contribution in [0.5, 0.6) is 0 Å². The normalized spacial score (nSPS) is 26.7. The van der Waals surface area contributed by atoms with Crippen molar-refractivity contribution in [3.8, 4) is 0 Å². The van der Waals surface area contributed by atoms with Crippen molar-refractivity contribution in [2.24, 2.45) is 17.4 Å². The van der Waals surface area contributed by atoms with E-state index in [2.05, 4.69) is 11.0 Å². The van der Waals surface area contributed by atoms with Gasteiger partial charge in [0.15, 0.2) is 0 Å². The number of carbonyl (C=O) groups is 2. The van der Waals surface area contributed by atoms with Crippen molar-refractivity contribution < 1.29 is 9.59 Å². The Morgan fingerprint density at radius 1 is 1.03 bits per heavy atom. The second-order valence-corrected chi connectivity index (χ2v) is 9.83. The van der Waals surface area contributed by atoms with Gasteiger partial charge in [0.25, 0.3) is 0 Å². The quantitative estimate of drug-likeness (QED) is 0.668. The molecule has 2 saturated heterocycles. The highest BCUT2D eigenvalue weighted by Gasteiger charge is 2.41. The summed E-state index contributed by atoms with van der Waals surface area (Å²) in [4.78, 5) is 28.8. The maximum absolute atomic E-state index is 12.5. The van der Waals surface area contributed by atoms with Crippen molar-refractivity contribution in [3.63, 3.8) is 0 Å². The first-order chi connectivity index (χ1) is 15.0. The Kier molecular flexibility index (Phi) is 7.28. The monoisotopic (exact) mass is 426 g/mol. The van der Waals surface area contributed by atoms with Gasteiger partial charge < -0.3 is 16.4 Å². The van der Waals surface area contributed by atoms with E-state index in [1.54, 1.807) is 6.07 Å². The average molecular weight is 427 g/mol. The van der Waals surface area contributed by atoms with Crippen LogP contribution in [0.2, 0.25) is 0 Å². The molecule has 3 atom stereocenters. The molecule has 4 rings (SSSR count). The first-order valence-corrected chi connectivity index (χ1v) is 12.2. The van der Waals surface area contributed by atoms with Crippen molar-refractivity contribution >= 4 is 11.8 Å². The molecule has 4 N–H and O–H groups in total. The zero-order valence-corrected chi connectivity index (χ0v) is 18.7. The number of piperidine rings is 1. The molecule has 0 radical (unpaired) electrons. The number of rotatable bonds is 8. The fourth-order valence-electron chi connectivity index (χ4n) is 6.22. The highest BCUT2D eigenvalue weighted by molar-refractivity contribution is 5.92. The number of benzene rings is 1. The molecule has 0 aromatic heterocycles. The van der Waals surface area contributed by atoms with E-state index in [1.165, 1.54) is 50.5 Å². The van der Waals surface area contributed by atoms with Crippen LogP contribution in [0.1, 0.15) is 79.6 Å². The van der Waals surface area contributed by atoms with Crippen LogP contribution in [-0.4, -0.2) is 59.9 Å². The maximum atomic E-state index is 12.5. The summed E-state index contributed by atoms with van der Waals surface area (Å²) in [6.45, 7) is 2.72. The maximum Gasteiger partial charge on any atom is 0.248 e. The second kappa shape index (κ2) is 10.1. The fourth-order valence-corrected chi connectivity index (χ4v) is 6.22. The number of hydrogen-bond acceptors (Lipinski definition) is 4. The van der Waals surface area contributed by atoms with E-state index < -0.39 is 0 Å². The third-order valence-corrected chi connectivity index (χ3v) is 7.89. The van der Waals surface area contributed by atoms with Crippen molar-refractivity contribution in [2.45, 2.75) is 75.8 Å². The minimum Gasteiger partial charge on any atom is -0.366 e. The summed E-state index contributed by atoms with van der Waals surface area (Å²) in [6.07, 6.45) is 11.1. The van der Waals surface area contributed by atoms with Gasteiger partial charge in [-0.05, 0) is 68.1 Å². The van der Waals surface area contributed by atoms with Gasteiger partial charge in [0.05, 0.1) is 6.54 Å². The van der Waals surface area contributed by atoms with Crippen LogP contribution in [0.15, 0.2) is 24.3 Å². The van der Waals surface area contributed by atoms with Gasteiger partial charge in [0.2, 0.25) is 11.8 Å². The summed E-state index contributed by atoms with van der Waals surface area (Å²) in [5.74, 6) is 0.863. The molecule has 3 aliphatic rings. The number of nitrogens with zero attached hydrogens (tertiary/aromatic N) is 2.